The molecule has 1 fully saturated rings. The van der Waals surface area contributed by atoms with Gasteiger partial charge in [-0.1, -0.05) is 0 Å². The van der Waals surface area contributed by atoms with E-state index in [0.717, 1.165) is 6.42 Å². The Balaban J connectivity index is 1.84. The van der Waals surface area contributed by atoms with E-state index in [0.29, 0.717) is 47.3 Å². The van der Waals surface area contributed by atoms with Gasteiger partial charge in [0.25, 0.3) is 17.6 Å². The van der Waals surface area contributed by atoms with Gasteiger partial charge < -0.3 is 20.3 Å². The van der Waals surface area contributed by atoms with Gasteiger partial charge in [0.05, 0.1) is 17.4 Å². The monoisotopic (exact) mass is 443 g/mol. The number of hydrogen-bond donors (Lipinski definition) is 3. The van der Waals surface area contributed by atoms with Gasteiger partial charge in [0.1, 0.15) is 5.82 Å². The van der Waals surface area contributed by atoms with E-state index in [4.69, 9.17) is 0 Å². The number of aromatic nitrogens is 1. The topological polar surface area (TPSA) is 100 Å². The first kappa shape index (κ1) is 23.7. The van der Waals surface area contributed by atoms with Gasteiger partial charge >= 0.3 is 0 Å². The molecule has 1 aliphatic rings. The van der Waals surface area contributed by atoms with Crippen molar-refractivity contribution in [2.45, 2.75) is 65.0 Å². The van der Waals surface area contributed by atoms with Gasteiger partial charge in [-0.05, 0) is 82.7 Å². The van der Waals surface area contributed by atoms with Crippen LogP contribution in [0.1, 0.15) is 70.3 Å². The third-order valence-electron chi connectivity index (χ3n) is 6.36. The minimum Gasteiger partial charge on any atom is -0.393 e. The molecule has 0 saturated heterocycles. The van der Waals surface area contributed by atoms with Gasteiger partial charge in [-0.3, -0.25) is 14.4 Å². The molecule has 3 rings (SSSR count). The summed E-state index contributed by atoms with van der Waals surface area (Å²) >= 11 is 0. The Morgan fingerprint density at radius 3 is 2.53 bits per heavy atom. The van der Waals surface area contributed by atoms with Gasteiger partial charge in [0, 0.05) is 24.0 Å². The number of carbonyl (C=O) groups excluding carboxylic acids is 3. The van der Waals surface area contributed by atoms with Crippen LogP contribution in [0.25, 0.3) is 0 Å². The molecule has 1 saturated carbocycles. The fourth-order valence-corrected chi connectivity index (χ4v) is 4.55. The molecule has 1 unspecified atom stereocenters. The predicted octanol–water partition coefficient (Wildman–Crippen LogP) is 3.33. The summed E-state index contributed by atoms with van der Waals surface area (Å²) in [5.74, 6) is -2.30. The van der Waals surface area contributed by atoms with Crippen molar-refractivity contribution in [3.05, 3.63) is 52.1 Å². The van der Waals surface area contributed by atoms with Crippen molar-refractivity contribution in [3.8, 4) is 0 Å². The van der Waals surface area contributed by atoms with E-state index in [2.05, 4.69) is 10.6 Å². The number of Topliss-reactive ketones (excluding diaryl/α,β-unsaturated/α-hetero) is 1. The number of ketones is 1. The van der Waals surface area contributed by atoms with E-state index in [1.807, 2.05) is 6.92 Å². The molecule has 0 aliphatic heterocycles. The number of benzene rings is 1. The highest BCUT2D eigenvalue weighted by molar-refractivity contribution is 6.43. The first-order chi connectivity index (χ1) is 14.9. The zero-order valence-corrected chi connectivity index (χ0v) is 19.1. The fourth-order valence-electron chi connectivity index (χ4n) is 4.55. The molecule has 2 aromatic rings. The number of rotatable bonds is 5. The third kappa shape index (κ3) is 4.60. The van der Waals surface area contributed by atoms with Crippen LogP contribution in [0.3, 0.4) is 0 Å². The van der Waals surface area contributed by atoms with E-state index in [1.54, 1.807) is 32.4 Å². The van der Waals surface area contributed by atoms with Crippen LogP contribution in [0, 0.1) is 26.6 Å². The van der Waals surface area contributed by atoms with Gasteiger partial charge in [0.2, 0.25) is 0 Å². The Morgan fingerprint density at radius 2 is 1.91 bits per heavy atom. The maximum atomic E-state index is 13.5. The SMILES string of the molecule is Cc1cc(NC(=O)c2c(C)c(C(=O)C(=O)NC3(C)CCC[C@H](O)C3)n(C)c2C)ccc1F. The number of aryl methyl sites for hydroxylation is 1. The van der Waals surface area contributed by atoms with Crippen LogP contribution in [-0.2, 0) is 11.8 Å². The quantitative estimate of drug-likeness (QED) is 0.487. The van der Waals surface area contributed by atoms with Crippen LogP contribution in [-0.4, -0.2) is 38.9 Å². The molecule has 0 spiro atoms. The minimum atomic E-state index is -0.758. The molecule has 2 amide bonds. The molecule has 1 aromatic carbocycles. The lowest BCUT2D eigenvalue weighted by molar-refractivity contribution is -0.119. The molecular formula is C24H30FN3O4. The van der Waals surface area contributed by atoms with Gasteiger partial charge in [0.15, 0.2) is 0 Å². The fraction of sp³-hybridized carbons (Fsp3) is 0.458. The Kier molecular flexibility index (Phi) is 6.55. The van der Waals surface area contributed by atoms with Crippen LogP contribution in [0.4, 0.5) is 10.1 Å². The Morgan fingerprint density at radius 1 is 1.22 bits per heavy atom. The zero-order chi connectivity index (χ0) is 23.8. The molecule has 1 aromatic heterocycles. The van der Waals surface area contributed by atoms with Crippen LogP contribution >= 0.6 is 0 Å². The van der Waals surface area contributed by atoms with Gasteiger partial charge in [-0.25, -0.2) is 4.39 Å². The van der Waals surface area contributed by atoms with Crippen molar-refractivity contribution in [2.75, 3.05) is 5.32 Å². The Hall–Kier alpha value is -3.00. The van der Waals surface area contributed by atoms with Crippen molar-refractivity contribution < 1.29 is 23.9 Å². The number of aliphatic hydroxyl groups excluding tert-OH is 1. The second-order valence-electron chi connectivity index (χ2n) is 9.01. The van der Waals surface area contributed by atoms with Crippen LogP contribution in [0.2, 0.25) is 0 Å². The predicted molar refractivity (Wildman–Crippen MR) is 119 cm³/mol. The first-order valence-electron chi connectivity index (χ1n) is 10.7. The lowest BCUT2D eigenvalue weighted by Gasteiger charge is -2.36. The second kappa shape index (κ2) is 8.86. The lowest BCUT2D eigenvalue weighted by atomic mass is 9.81. The molecule has 0 radical (unpaired) electrons. The maximum Gasteiger partial charge on any atom is 0.294 e. The zero-order valence-electron chi connectivity index (χ0n) is 19.1. The van der Waals surface area contributed by atoms with Crippen molar-refractivity contribution in [1.29, 1.82) is 0 Å². The van der Waals surface area contributed by atoms with E-state index >= 15 is 0 Å². The van der Waals surface area contributed by atoms with Crippen molar-refractivity contribution in [2.24, 2.45) is 7.05 Å². The number of nitrogens with one attached hydrogen (secondary N) is 2. The van der Waals surface area contributed by atoms with E-state index in [1.165, 1.54) is 18.2 Å². The van der Waals surface area contributed by atoms with Crippen molar-refractivity contribution in [1.82, 2.24) is 9.88 Å². The Labute approximate surface area is 187 Å². The molecule has 0 bridgehead atoms. The molecule has 8 heteroatoms. The van der Waals surface area contributed by atoms with E-state index in [-0.39, 0.29) is 11.5 Å². The normalized spacial score (nSPS) is 20.7. The van der Waals surface area contributed by atoms with Gasteiger partial charge in [-0.15, -0.1) is 0 Å². The highest BCUT2D eigenvalue weighted by atomic mass is 19.1. The molecule has 32 heavy (non-hydrogen) atoms. The largest absolute Gasteiger partial charge is 0.393 e. The van der Waals surface area contributed by atoms with Crippen LogP contribution < -0.4 is 10.6 Å². The molecule has 2 atom stereocenters. The minimum absolute atomic E-state index is 0.139. The highest BCUT2D eigenvalue weighted by Gasteiger charge is 2.36. The molecule has 1 heterocycles. The van der Waals surface area contributed by atoms with E-state index < -0.39 is 29.2 Å². The molecule has 1 aliphatic carbocycles. The summed E-state index contributed by atoms with van der Waals surface area (Å²) in [5, 5.41) is 15.5. The number of aliphatic hydroxyl groups is 1. The average Bonchev–Trinajstić information content (AvgIpc) is 2.92. The number of halogens is 1. The summed E-state index contributed by atoms with van der Waals surface area (Å²) in [4.78, 5) is 38.8. The first-order valence-corrected chi connectivity index (χ1v) is 10.7. The average molecular weight is 444 g/mol. The number of hydrogen-bond acceptors (Lipinski definition) is 4. The smallest absolute Gasteiger partial charge is 0.294 e. The molecule has 7 nitrogen and oxygen atoms in total. The number of nitrogens with zero attached hydrogens (tertiary/aromatic N) is 1. The summed E-state index contributed by atoms with van der Waals surface area (Å²) in [6.07, 6.45) is 2.01. The lowest BCUT2D eigenvalue weighted by Crippen LogP contribution is -2.52. The molecule has 3 N–H and O–H groups in total. The summed E-state index contributed by atoms with van der Waals surface area (Å²) < 4.78 is 15.1. The van der Waals surface area contributed by atoms with Crippen LogP contribution in [0.5, 0.6) is 0 Å². The number of carbonyl (C=O) groups is 3. The Bertz CT molecular complexity index is 1090. The second-order valence-corrected chi connectivity index (χ2v) is 9.01. The summed E-state index contributed by atoms with van der Waals surface area (Å²) in [5.41, 5.74) is 1.55. The summed E-state index contributed by atoms with van der Waals surface area (Å²) in [6, 6.07) is 4.27. The van der Waals surface area contributed by atoms with Crippen molar-refractivity contribution in [3.63, 3.8) is 0 Å². The molecular weight excluding hydrogens is 413 g/mol. The van der Waals surface area contributed by atoms with Crippen LogP contribution in [0.15, 0.2) is 18.2 Å². The van der Waals surface area contributed by atoms with E-state index in [9.17, 15) is 23.9 Å². The van der Waals surface area contributed by atoms with Gasteiger partial charge in [-0.2, -0.15) is 0 Å². The number of amides is 2. The molecule has 172 valence electrons. The standard InChI is InChI=1S/C24H30FN3O4/c1-13-11-16(8-9-18(13)25)26-22(31)19-14(2)20(28(5)15(19)3)21(30)23(32)27-24(4)10-6-7-17(29)12-24/h8-9,11,17,29H,6-7,10,12H2,1-5H3,(H,26,31)(H,27,32)/t17-,24?/m0/s1. The third-order valence-corrected chi connectivity index (χ3v) is 6.36. The number of anilines is 1. The highest BCUT2D eigenvalue weighted by Crippen LogP contribution is 2.29. The van der Waals surface area contributed by atoms with Crippen molar-refractivity contribution >= 4 is 23.3 Å². The maximum absolute atomic E-state index is 13.5. The summed E-state index contributed by atoms with van der Waals surface area (Å²) in [7, 11) is 1.63. The summed E-state index contributed by atoms with van der Waals surface area (Å²) in [6.45, 7) is 6.76.